The number of ether oxygens (including phenoxy) is 5. The number of rotatable bonds is 10. The Balaban J connectivity index is 1.56. The van der Waals surface area contributed by atoms with Crippen LogP contribution < -0.4 is 33.8 Å². The second-order valence-corrected chi connectivity index (χ2v) is 11.7. The second kappa shape index (κ2) is 13.8. The standard InChI is InChI=1S/C33H30Cl2N2O7S/c1-6-43-32(39)29-18(2)36-33-37(30(29)20-9-12-24(40-3)27(15-20)42-5)31(38)28(45-33)14-19-7-11-25(26(13-19)41-4)44-17-21-8-10-22(34)16-23(21)35/h7-16,30H,6,17H2,1-5H3/b28-14-/t30-/m0/s1. The van der Waals surface area contributed by atoms with Gasteiger partial charge in [0.1, 0.15) is 6.61 Å². The van der Waals surface area contributed by atoms with Gasteiger partial charge in [0.25, 0.3) is 5.56 Å². The molecule has 9 nitrogen and oxygen atoms in total. The van der Waals surface area contributed by atoms with Crippen molar-refractivity contribution < 1.29 is 28.5 Å². The lowest BCUT2D eigenvalue weighted by Gasteiger charge is -2.25. The molecular formula is C33H30Cl2N2O7S. The van der Waals surface area contributed by atoms with Crippen molar-refractivity contribution in [1.82, 2.24) is 4.57 Å². The molecular weight excluding hydrogens is 639 g/mol. The van der Waals surface area contributed by atoms with Gasteiger partial charge in [-0.3, -0.25) is 9.36 Å². The minimum absolute atomic E-state index is 0.174. The van der Waals surface area contributed by atoms with Gasteiger partial charge in [-0.05, 0) is 67.4 Å². The van der Waals surface area contributed by atoms with Crippen LogP contribution in [-0.2, 0) is 16.1 Å². The van der Waals surface area contributed by atoms with Crippen molar-refractivity contribution in [2.24, 2.45) is 4.99 Å². The van der Waals surface area contributed by atoms with E-state index >= 15 is 0 Å². The van der Waals surface area contributed by atoms with E-state index in [1.165, 1.54) is 37.2 Å². The van der Waals surface area contributed by atoms with Crippen molar-refractivity contribution in [1.29, 1.82) is 0 Å². The van der Waals surface area contributed by atoms with Gasteiger partial charge < -0.3 is 23.7 Å². The Labute approximate surface area is 273 Å². The first-order chi connectivity index (χ1) is 21.7. The Morgan fingerprint density at radius 2 is 1.67 bits per heavy atom. The summed E-state index contributed by atoms with van der Waals surface area (Å²) in [6.45, 7) is 3.85. The molecule has 0 aliphatic carbocycles. The van der Waals surface area contributed by atoms with E-state index in [0.717, 1.165) is 5.56 Å². The Morgan fingerprint density at radius 1 is 0.956 bits per heavy atom. The maximum Gasteiger partial charge on any atom is 0.338 e. The predicted octanol–water partition coefficient (Wildman–Crippen LogP) is 5.71. The Hall–Kier alpha value is -4.25. The molecule has 1 atom stereocenters. The summed E-state index contributed by atoms with van der Waals surface area (Å²) in [6.07, 6.45) is 1.75. The number of nitrogens with zero attached hydrogens (tertiary/aromatic N) is 2. The van der Waals surface area contributed by atoms with Crippen molar-refractivity contribution in [3.05, 3.63) is 112 Å². The van der Waals surface area contributed by atoms with Crippen LogP contribution in [0.1, 0.15) is 36.6 Å². The summed E-state index contributed by atoms with van der Waals surface area (Å²) in [5.41, 5.74) is 2.54. The first-order valence-electron chi connectivity index (χ1n) is 13.8. The topological polar surface area (TPSA) is 97.6 Å². The van der Waals surface area contributed by atoms with E-state index in [9.17, 15) is 9.59 Å². The highest BCUT2D eigenvalue weighted by Crippen LogP contribution is 2.36. The molecule has 4 aromatic rings. The SMILES string of the molecule is CCOC(=O)C1=C(C)N=c2s/c(=C\c3ccc(OCc4ccc(Cl)cc4Cl)c(OC)c3)c(=O)n2[C@H]1c1ccc(OC)c(OC)c1. The average molecular weight is 670 g/mol. The van der Waals surface area contributed by atoms with Crippen LogP contribution in [-0.4, -0.2) is 38.5 Å². The zero-order valence-corrected chi connectivity index (χ0v) is 27.5. The molecule has 0 saturated carbocycles. The minimum atomic E-state index is -0.799. The quantitative estimate of drug-likeness (QED) is 0.200. The largest absolute Gasteiger partial charge is 0.493 e. The Morgan fingerprint density at radius 3 is 2.36 bits per heavy atom. The zero-order valence-electron chi connectivity index (χ0n) is 25.2. The summed E-state index contributed by atoms with van der Waals surface area (Å²) in [7, 11) is 4.60. The number of esters is 1. The van der Waals surface area contributed by atoms with Gasteiger partial charge >= 0.3 is 5.97 Å². The van der Waals surface area contributed by atoms with Gasteiger partial charge in [0, 0.05) is 15.6 Å². The summed E-state index contributed by atoms with van der Waals surface area (Å²) in [5.74, 6) is 1.41. The molecule has 5 rings (SSSR count). The van der Waals surface area contributed by atoms with Gasteiger partial charge in [-0.1, -0.05) is 52.7 Å². The second-order valence-electron chi connectivity index (χ2n) is 9.85. The molecule has 3 aromatic carbocycles. The molecule has 12 heteroatoms. The molecule has 0 amide bonds. The number of thiazole rings is 1. The van der Waals surface area contributed by atoms with E-state index in [1.54, 1.807) is 68.5 Å². The van der Waals surface area contributed by atoms with E-state index in [4.69, 9.17) is 46.9 Å². The van der Waals surface area contributed by atoms with E-state index in [-0.39, 0.29) is 24.3 Å². The number of carbonyl (C=O) groups excluding carboxylic acids is 1. The molecule has 0 radical (unpaired) electrons. The van der Waals surface area contributed by atoms with Gasteiger partial charge in [0.2, 0.25) is 0 Å². The van der Waals surface area contributed by atoms with E-state index < -0.39 is 12.0 Å². The molecule has 1 aromatic heterocycles. The monoisotopic (exact) mass is 668 g/mol. The number of hydrogen-bond donors (Lipinski definition) is 0. The number of fused-ring (bicyclic) bond motifs is 1. The summed E-state index contributed by atoms with van der Waals surface area (Å²) < 4.78 is 29.8. The molecule has 0 fully saturated rings. The number of benzene rings is 3. The van der Waals surface area contributed by atoms with Crippen LogP contribution in [0.15, 0.2) is 75.7 Å². The summed E-state index contributed by atoms with van der Waals surface area (Å²) in [4.78, 5) is 32.3. The average Bonchev–Trinajstić information content (AvgIpc) is 3.33. The van der Waals surface area contributed by atoms with Crippen LogP contribution in [0.2, 0.25) is 10.0 Å². The van der Waals surface area contributed by atoms with Crippen molar-refractivity contribution in [2.75, 3.05) is 27.9 Å². The molecule has 1 aliphatic rings. The molecule has 234 valence electrons. The fourth-order valence-corrected chi connectivity index (χ4v) is 6.48. The fourth-order valence-electron chi connectivity index (χ4n) is 4.97. The smallest absolute Gasteiger partial charge is 0.338 e. The van der Waals surface area contributed by atoms with Crippen molar-refractivity contribution >= 4 is 46.6 Å². The first-order valence-corrected chi connectivity index (χ1v) is 15.4. The molecule has 45 heavy (non-hydrogen) atoms. The third-order valence-corrected chi connectivity index (χ3v) is 8.69. The van der Waals surface area contributed by atoms with Gasteiger partial charge in [-0.15, -0.1) is 0 Å². The van der Waals surface area contributed by atoms with Gasteiger partial charge in [0.05, 0.1) is 49.8 Å². The Kier molecular flexibility index (Phi) is 9.86. The van der Waals surface area contributed by atoms with Crippen LogP contribution in [0.3, 0.4) is 0 Å². The van der Waals surface area contributed by atoms with Gasteiger partial charge in [0.15, 0.2) is 27.8 Å². The molecule has 0 bridgehead atoms. The lowest BCUT2D eigenvalue weighted by Crippen LogP contribution is -2.39. The maximum absolute atomic E-state index is 14.0. The van der Waals surface area contributed by atoms with Crippen LogP contribution >= 0.6 is 34.5 Å². The fraction of sp³-hybridized carbons (Fsp3) is 0.242. The number of carbonyl (C=O) groups is 1. The Bertz CT molecular complexity index is 1980. The summed E-state index contributed by atoms with van der Waals surface area (Å²) >= 11 is 13.5. The number of aromatic nitrogens is 1. The number of methoxy groups -OCH3 is 3. The molecule has 0 saturated heterocycles. The molecule has 2 heterocycles. The molecule has 0 unspecified atom stereocenters. The van der Waals surface area contributed by atoms with Crippen LogP contribution in [0.25, 0.3) is 6.08 Å². The van der Waals surface area contributed by atoms with Crippen molar-refractivity contribution in [2.45, 2.75) is 26.5 Å². The first kappa shape index (κ1) is 32.2. The van der Waals surface area contributed by atoms with E-state index in [0.29, 0.717) is 59.2 Å². The summed E-state index contributed by atoms with van der Waals surface area (Å²) in [5, 5.41) is 1.04. The van der Waals surface area contributed by atoms with Crippen molar-refractivity contribution in [3.63, 3.8) is 0 Å². The van der Waals surface area contributed by atoms with Crippen LogP contribution in [0, 0.1) is 0 Å². The van der Waals surface area contributed by atoms with Crippen LogP contribution in [0.5, 0.6) is 23.0 Å². The molecule has 0 spiro atoms. The number of hydrogen-bond acceptors (Lipinski definition) is 9. The molecule has 1 aliphatic heterocycles. The van der Waals surface area contributed by atoms with E-state index in [2.05, 4.69) is 4.99 Å². The number of halogens is 2. The van der Waals surface area contributed by atoms with E-state index in [1.807, 2.05) is 6.07 Å². The highest BCUT2D eigenvalue weighted by atomic mass is 35.5. The zero-order chi connectivity index (χ0) is 32.2. The highest BCUT2D eigenvalue weighted by molar-refractivity contribution is 7.07. The lowest BCUT2D eigenvalue weighted by atomic mass is 9.95. The predicted molar refractivity (Wildman–Crippen MR) is 174 cm³/mol. The van der Waals surface area contributed by atoms with Crippen molar-refractivity contribution in [3.8, 4) is 23.0 Å². The van der Waals surface area contributed by atoms with Crippen LogP contribution in [0.4, 0.5) is 0 Å². The third kappa shape index (κ3) is 6.58. The lowest BCUT2D eigenvalue weighted by molar-refractivity contribution is -0.139. The molecule has 0 N–H and O–H groups in total. The number of allylic oxidation sites excluding steroid dienone is 1. The van der Waals surface area contributed by atoms with Gasteiger partial charge in [-0.2, -0.15) is 0 Å². The maximum atomic E-state index is 14.0. The normalized spacial score (nSPS) is 14.5. The highest BCUT2D eigenvalue weighted by Gasteiger charge is 2.34. The summed E-state index contributed by atoms with van der Waals surface area (Å²) in [6, 6.07) is 15.0. The minimum Gasteiger partial charge on any atom is -0.493 e. The third-order valence-electron chi connectivity index (χ3n) is 7.12. The van der Waals surface area contributed by atoms with Gasteiger partial charge in [-0.25, -0.2) is 9.79 Å².